The number of halogens is 2. The van der Waals surface area contributed by atoms with Crippen LogP contribution in [0.2, 0.25) is 5.02 Å². The van der Waals surface area contributed by atoms with Gasteiger partial charge in [0.05, 0.1) is 33.5 Å². The van der Waals surface area contributed by atoms with Crippen LogP contribution in [0.1, 0.15) is 43.5 Å². The van der Waals surface area contributed by atoms with Crippen LogP contribution in [-0.4, -0.2) is 17.1 Å². The fourth-order valence-corrected chi connectivity index (χ4v) is 5.73. The zero-order valence-corrected chi connectivity index (χ0v) is 24.3. The normalized spacial score (nSPS) is 15.1. The largest absolute Gasteiger partial charge is 0.489 e. The number of ether oxygens (including phenoxy) is 2. The molecule has 3 aromatic carbocycles. The van der Waals surface area contributed by atoms with E-state index in [9.17, 15) is 14.0 Å². The van der Waals surface area contributed by atoms with E-state index in [0.29, 0.717) is 28.4 Å². The van der Waals surface area contributed by atoms with E-state index in [4.69, 9.17) is 21.1 Å². The van der Waals surface area contributed by atoms with Gasteiger partial charge in [0.1, 0.15) is 18.2 Å². The van der Waals surface area contributed by atoms with Gasteiger partial charge in [-0.25, -0.2) is 14.2 Å². The van der Waals surface area contributed by atoms with Gasteiger partial charge in [-0.15, -0.1) is 0 Å². The Morgan fingerprint density at radius 1 is 1.10 bits per heavy atom. The maximum absolute atomic E-state index is 14.6. The Labute approximate surface area is 245 Å². The summed E-state index contributed by atoms with van der Waals surface area (Å²) in [6.45, 7) is 6.25. The molecule has 9 heteroatoms. The average molecular weight is 591 g/mol. The van der Waals surface area contributed by atoms with Crippen molar-refractivity contribution in [2.75, 3.05) is 6.61 Å². The van der Waals surface area contributed by atoms with E-state index in [1.54, 1.807) is 25.1 Å². The minimum Gasteiger partial charge on any atom is -0.489 e. The van der Waals surface area contributed by atoms with Crippen molar-refractivity contribution in [2.45, 2.75) is 33.4 Å². The second-order valence-electron chi connectivity index (χ2n) is 10.1. The summed E-state index contributed by atoms with van der Waals surface area (Å²) in [5, 5.41) is 0.188. The third-order valence-corrected chi connectivity index (χ3v) is 7.82. The van der Waals surface area contributed by atoms with E-state index in [-0.39, 0.29) is 33.2 Å². The summed E-state index contributed by atoms with van der Waals surface area (Å²) in [4.78, 5) is 32.2. The van der Waals surface area contributed by atoms with Crippen LogP contribution in [0, 0.1) is 11.7 Å². The molecule has 5 rings (SSSR count). The minimum absolute atomic E-state index is 0.114. The molecule has 1 aliphatic heterocycles. The lowest BCUT2D eigenvalue weighted by Gasteiger charge is -2.25. The molecule has 2 heterocycles. The second kappa shape index (κ2) is 12.2. The topological polar surface area (TPSA) is 69.9 Å². The predicted molar refractivity (Wildman–Crippen MR) is 158 cm³/mol. The van der Waals surface area contributed by atoms with Crippen molar-refractivity contribution in [3.63, 3.8) is 0 Å². The van der Waals surface area contributed by atoms with Crippen LogP contribution in [-0.2, 0) is 16.1 Å². The SMILES string of the molecule is CC1=C(C(=O)OCC(C)C)C(c2ccc(OCc3ccccc3)cc2)n2c(sc(=Cc3c(F)cccc3Cl)c2=O)=N1. The molecule has 0 aliphatic carbocycles. The Morgan fingerprint density at radius 2 is 1.83 bits per heavy atom. The van der Waals surface area contributed by atoms with Crippen molar-refractivity contribution in [3.8, 4) is 5.75 Å². The smallest absolute Gasteiger partial charge is 0.338 e. The molecular weight excluding hydrogens is 563 g/mol. The molecule has 4 aromatic rings. The van der Waals surface area contributed by atoms with Gasteiger partial charge in [-0.2, -0.15) is 0 Å². The Bertz CT molecular complexity index is 1770. The highest BCUT2D eigenvalue weighted by Gasteiger charge is 2.33. The molecule has 6 nitrogen and oxygen atoms in total. The molecule has 0 bridgehead atoms. The number of allylic oxidation sites excluding steroid dienone is 1. The van der Waals surface area contributed by atoms with Gasteiger partial charge < -0.3 is 9.47 Å². The number of rotatable bonds is 8. The number of carbonyl (C=O) groups excluding carboxylic acids is 1. The first-order chi connectivity index (χ1) is 19.7. The van der Waals surface area contributed by atoms with Crippen molar-refractivity contribution in [2.24, 2.45) is 10.9 Å². The van der Waals surface area contributed by atoms with Gasteiger partial charge in [0.2, 0.25) is 0 Å². The molecule has 1 aliphatic rings. The summed E-state index contributed by atoms with van der Waals surface area (Å²) in [6, 6.07) is 20.6. The number of fused-ring (bicyclic) bond motifs is 1. The standard InChI is InChI=1S/C32H28ClFN2O4S/c1-19(2)17-40-31(38)28-20(3)35-32-36(30(37)27(41-32)16-24-25(33)10-7-11-26(24)34)29(28)22-12-14-23(15-13-22)39-18-21-8-5-4-6-9-21/h4-16,19,29H,17-18H2,1-3H3. The quantitative estimate of drug-likeness (QED) is 0.243. The summed E-state index contributed by atoms with van der Waals surface area (Å²) in [5.74, 6) is -0.309. The fraction of sp³-hybridized carbons (Fsp3) is 0.219. The first kappa shape index (κ1) is 28.5. The van der Waals surface area contributed by atoms with Crippen LogP contribution in [0.5, 0.6) is 5.75 Å². The molecule has 0 saturated carbocycles. The van der Waals surface area contributed by atoms with Crippen molar-refractivity contribution < 1.29 is 18.7 Å². The lowest BCUT2D eigenvalue weighted by molar-refractivity contribution is -0.140. The maximum atomic E-state index is 14.6. The van der Waals surface area contributed by atoms with Gasteiger partial charge in [-0.05, 0) is 54.3 Å². The van der Waals surface area contributed by atoms with Gasteiger partial charge in [-0.3, -0.25) is 9.36 Å². The Kier molecular flexibility index (Phi) is 8.52. The molecule has 1 unspecified atom stereocenters. The number of hydrogen-bond donors (Lipinski definition) is 0. The third-order valence-electron chi connectivity index (χ3n) is 6.51. The number of nitrogens with zero attached hydrogens (tertiary/aromatic N) is 2. The number of thiazole rings is 1. The zero-order chi connectivity index (χ0) is 29.1. The highest BCUT2D eigenvalue weighted by molar-refractivity contribution is 7.07. The average Bonchev–Trinajstić information content (AvgIpc) is 3.26. The molecule has 0 amide bonds. The fourth-order valence-electron chi connectivity index (χ4n) is 4.49. The molecule has 1 atom stereocenters. The minimum atomic E-state index is -0.799. The number of carbonyl (C=O) groups is 1. The van der Waals surface area contributed by atoms with Crippen molar-refractivity contribution in [1.82, 2.24) is 4.57 Å². The highest BCUT2D eigenvalue weighted by atomic mass is 35.5. The molecule has 0 radical (unpaired) electrons. The third kappa shape index (κ3) is 6.19. The zero-order valence-electron chi connectivity index (χ0n) is 22.8. The molecular formula is C32H28ClFN2O4S. The first-order valence-corrected chi connectivity index (χ1v) is 14.3. The number of esters is 1. The first-order valence-electron chi connectivity index (χ1n) is 13.1. The summed E-state index contributed by atoms with van der Waals surface area (Å²) < 4.78 is 27.8. The second-order valence-corrected chi connectivity index (χ2v) is 11.5. The van der Waals surface area contributed by atoms with Gasteiger partial charge >= 0.3 is 5.97 Å². The molecule has 0 N–H and O–H groups in total. The van der Waals surface area contributed by atoms with Crippen molar-refractivity contribution in [3.05, 3.63) is 131 Å². The number of benzene rings is 3. The highest BCUT2D eigenvalue weighted by Crippen LogP contribution is 2.32. The molecule has 0 fully saturated rings. The molecule has 0 saturated heterocycles. The van der Waals surface area contributed by atoms with Gasteiger partial charge in [0.25, 0.3) is 5.56 Å². The van der Waals surface area contributed by atoms with Crippen LogP contribution in [0.15, 0.2) is 93.9 Å². The van der Waals surface area contributed by atoms with Crippen LogP contribution >= 0.6 is 22.9 Å². The van der Waals surface area contributed by atoms with Gasteiger partial charge in [-0.1, -0.05) is 85.3 Å². The van der Waals surface area contributed by atoms with E-state index in [1.165, 1.54) is 22.8 Å². The Morgan fingerprint density at radius 3 is 2.51 bits per heavy atom. The maximum Gasteiger partial charge on any atom is 0.338 e. The lowest BCUT2D eigenvalue weighted by Crippen LogP contribution is -2.40. The monoisotopic (exact) mass is 590 g/mol. The predicted octanol–water partition coefficient (Wildman–Crippen LogP) is 5.81. The molecule has 0 spiro atoms. The van der Waals surface area contributed by atoms with Gasteiger partial charge in [0.15, 0.2) is 4.80 Å². The molecule has 41 heavy (non-hydrogen) atoms. The van der Waals surface area contributed by atoms with Crippen molar-refractivity contribution in [1.29, 1.82) is 0 Å². The number of aromatic nitrogens is 1. The Hall–Kier alpha value is -4.01. The lowest BCUT2D eigenvalue weighted by atomic mass is 9.96. The van der Waals surface area contributed by atoms with E-state index < -0.39 is 23.4 Å². The van der Waals surface area contributed by atoms with Crippen LogP contribution in [0.3, 0.4) is 0 Å². The van der Waals surface area contributed by atoms with Crippen molar-refractivity contribution >= 4 is 35.0 Å². The summed E-state index contributed by atoms with van der Waals surface area (Å²) >= 11 is 7.34. The summed E-state index contributed by atoms with van der Waals surface area (Å²) in [6.07, 6.45) is 1.43. The molecule has 210 valence electrons. The van der Waals surface area contributed by atoms with Crippen LogP contribution in [0.4, 0.5) is 4.39 Å². The van der Waals surface area contributed by atoms with E-state index in [0.717, 1.165) is 16.9 Å². The van der Waals surface area contributed by atoms with Crippen LogP contribution < -0.4 is 19.6 Å². The summed E-state index contributed by atoms with van der Waals surface area (Å²) in [5.41, 5.74) is 2.13. The molecule has 1 aromatic heterocycles. The van der Waals surface area contributed by atoms with E-state index in [2.05, 4.69) is 4.99 Å². The van der Waals surface area contributed by atoms with Gasteiger partial charge in [0, 0.05) is 5.56 Å². The number of hydrogen-bond acceptors (Lipinski definition) is 6. The Balaban J connectivity index is 1.58. The van der Waals surface area contributed by atoms with E-state index in [1.807, 2.05) is 56.3 Å². The van der Waals surface area contributed by atoms with Crippen LogP contribution in [0.25, 0.3) is 6.08 Å². The summed E-state index contributed by atoms with van der Waals surface area (Å²) in [7, 11) is 0. The van der Waals surface area contributed by atoms with E-state index >= 15 is 0 Å².